The Morgan fingerprint density at radius 2 is 2.00 bits per heavy atom. The lowest BCUT2D eigenvalue weighted by Crippen LogP contribution is -2.14. The van der Waals surface area contributed by atoms with Gasteiger partial charge >= 0.3 is 6.18 Å². The molecule has 0 spiro atoms. The number of benzene rings is 1. The Kier molecular flexibility index (Phi) is 4.82. The smallest absolute Gasteiger partial charge is 0.363 e. The molecule has 1 saturated carbocycles. The number of hydrogen-bond acceptors (Lipinski definition) is 4. The summed E-state index contributed by atoms with van der Waals surface area (Å²) in [6.07, 6.45) is -1.68. The van der Waals surface area contributed by atoms with Gasteiger partial charge in [0.05, 0.1) is 22.6 Å². The Morgan fingerprint density at radius 1 is 1.27 bits per heavy atom. The first-order valence-corrected chi connectivity index (χ1v) is 9.68. The number of hydrogen-bond donors (Lipinski definition) is 1. The third-order valence-corrected chi connectivity index (χ3v) is 5.81. The highest BCUT2D eigenvalue weighted by molar-refractivity contribution is 6.30. The molecule has 0 radical (unpaired) electrons. The predicted molar refractivity (Wildman–Crippen MR) is 108 cm³/mol. The summed E-state index contributed by atoms with van der Waals surface area (Å²) in [4.78, 5) is 16.4. The second kappa shape index (κ2) is 7.10. The van der Waals surface area contributed by atoms with Crippen LogP contribution in [0.25, 0.3) is 15.9 Å². The summed E-state index contributed by atoms with van der Waals surface area (Å²) in [6, 6.07) is 5.44. The second-order valence-corrected chi connectivity index (χ2v) is 7.81. The summed E-state index contributed by atoms with van der Waals surface area (Å²) >= 11 is 6.30. The molecule has 1 N–H and O–H groups in total. The van der Waals surface area contributed by atoms with Crippen molar-refractivity contribution in [2.45, 2.75) is 44.4 Å². The Balaban J connectivity index is 1.75. The fourth-order valence-corrected chi connectivity index (χ4v) is 3.99. The molecule has 2 aromatic heterocycles. The minimum Gasteiger partial charge on any atom is -0.363 e. The van der Waals surface area contributed by atoms with Crippen molar-refractivity contribution in [3.05, 3.63) is 69.4 Å². The van der Waals surface area contributed by atoms with E-state index in [1.807, 2.05) is 0 Å². The van der Waals surface area contributed by atoms with E-state index in [4.69, 9.17) is 18.2 Å². The Bertz CT molecular complexity index is 1180. The Hall–Kier alpha value is -2.92. The summed E-state index contributed by atoms with van der Waals surface area (Å²) < 4.78 is 39.8. The average Bonchev–Trinajstić information content (AvgIpc) is 3.48. The molecule has 1 fully saturated rings. The average molecular weight is 432 g/mol. The number of nitrogens with one attached hydrogen (secondary N) is 1. The van der Waals surface area contributed by atoms with Crippen molar-refractivity contribution in [2.24, 2.45) is 0 Å². The lowest BCUT2D eigenvalue weighted by Gasteiger charge is -2.21. The third kappa shape index (κ3) is 3.43. The minimum absolute atomic E-state index is 0.162. The molecular formula is C21H17ClF3N5. The van der Waals surface area contributed by atoms with Gasteiger partial charge in [-0.2, -0.15) is 13.2 Å². The fourth-order valence-electron chi connectivity index (χ4n) is 3.68. The van der Waals surface area contributed by atoms with Crippen molar-refractivity contribution in [3.8, 4) is 0 Å². The number of pyridine rings is 1. The number of alkyl halides is 3. The standard InChI is InChI=1S/C21H17ClF3N5/c1-11-13(5-4-6-15(11)21(23,24)25)12(2)29-18-14-9-16(20(26-3)7-8-20)17(22)30-19(14)28-10-27-18/h4-6,9-10,12H,7-8H2,1-2H3,(H,27,28,29,30)/t12-/m1/s1. The number of nitrogens with zero attached hydrogens (tertiary/aromatic N) is 4. The van der Waals surface area contributed by atoms with Crippen LogP contribution in [0.2, 0.25) is 5.15 Å². The molecule has 0 amide bonds. The highest BCUT2D eigenvalue weighted by Gasteiger charge is 2.54. The number of rotatable bonds is 4. The van der Waals surface area contributed by atoms with Crippen molar-refractivity contribution >= 4 is 28.5 Å². The van der Waals surface area contributed by atoms with Crippen LogP contribution in [-0.2, 0) is 11.7 Å². The monoisotopic (exact) mass is 431 g/mol. The zero-order chi connectivity index (χ0) is 21.7. The van der Waals surface area contributed by atoms with Crippen LogP contribution in [0.3, 0.4) is 0 Å². The normalized spacial score (nSPS) is 16.2. The van der Waals surface area contributed by atoms with E-state index in [9.17, 15) is 13.2 Å². The summed E-state index contributed by atoms with van der Waals surface area (Å²) in [5.74, 6) is 0.426. The largest absolute Gasteiger partial charge is 0.416 e. The maximum Gasteiger partial charge on any atom is 0.416 e. The summed E-state index contributed by atoms with van der Waals surface area (Å²) in [5.41, 5.74) is 0.343. The molecule has 0 aliphatic heterocycles. The van der Waals surface area contributed by atoms with Gasteiger partial charge in [-0.05, 0) is 37.1 Å². The molecule has 5 nitrogen and oxygen atoms in total. The van der Waals surface area contributed by atoms with Crippen molar-refractivity contribution in [1.82, 2.24) is 15.0 Å². The van der Waals surface area contributed by atoms with Gasteiger partial charge in [0.15, 0.2) is 5.65 Å². The molecule has 1 aromatic carbocycles. The van der Waals surface area contributed by atoms with E-state index in [0.717, 1.165) is 6.07 Å². The maximum atomic E-state index is 13.3. The van der Waals surface area contributed by atoms with E-state index in [2.05, 4.69) is 25.1 Å². The molecule has 30 heavy (non-hydrogen) atoms. The zero-order valence-corrected chi connectivity index (χ0v) is 16.9. The number of fused-ring (bicyclic) bond motifs is 1. The molecular weight excluding hydrogens is 415 g/mol. The SMILES string of the molecule is [C-]#[N+]C1(c2cc3c(N[C@H](C)c4cccc(C(F)(F)F)c4C)ncnc3nc2Cl)CC1. The van der Waals surface area contributed by atoms with Crippen LogP contribution in [-0.4, -0.2) is 15.0 Å². The molecule has 3 aromatic rings. The minimum atomic E-state index is -4.42. The second-order valence-electron chi connectivity index (χ2n) is 7.45. The highest BCUT2D eigenvalue weighted by Crippen LogP contribution is 2.52. The van der Waals surface area contributed by atoms with Crippen molar-refractivity contribution in [1.29, 1.82) is 0 Å². The van der Waals surface area contributed by atoms with Gasteiger partial charge < -0.3 is 10.2 Å². The Morgan fingerprint density at radius 3 is 2.63 bits per heavy atom. The third-order valence-electron chi connectivity index (χ3n) is 5.52. The maximum absolute atomic E-state index is 13.3. The van der Waals surface area contributed by atoms with Crippen molar-refractivity contribution in [2.75, 3.05) is 5.32 Å². The zero-order valence-electron chi connectivity index (χ0n) is 16.2. The van der Waals surface area contributed by atoms with Crippen LogP contribution in [0.4, 0.5) is 19.0 Å². The molecule has 1 aliphatic carbocycles. The van der Waals surface area contributed by atoms with E-state index in [1.165, 1.54) is 19.3 Å². The van der Waals surface area contributed by atoms with Gasteiger partial charge in [0.2, 0.25) is 0 Å². The van der Waals surface area contributed by atoms with Crippen LogP contribution < -0.4 is 5.32 Å². The van der Waals surface area contributed by atoms with Crippen LogP contribution in [0.15, 0.2) is 30.6 Å². The molecule has 1 atom stereocenters. The summed E-state index contributed by atoms with van der Waals surface area (Å²) in [5, 5.41) is 3.99. The van der Waals surface area contributed by atoms with Crippen molar-refractivity contribution < 1.29 is 13.2 Å². The topological polar surface area (TPSA) is 55.1 Å². The van der Waals surface area contributed by atoms with Gasteiger partial charge in [0, 0.05) is 12.8 Å². The summed E-state index contributed by atoms with van der Waals surface area (Å²) in [7, 11) is 0. The predicted octanol–water partition coefficient (Wildman–Crippen LogP) is 6.09. The first-order chi connectivity index (χ1) is 14.2. The molecule has 0 saturated heterocycles. The van der Waals surface area contributed by atoms with E-state index < -0.39 is 23.3 Å². The van der Waals surface area contributed by atoms with Crippen molar-refractivity contribution in [3.63, 3.8) is 0 Å². The molecule has 4 rings (SSSR count). The lowest BCUT2D eigenvalue weighted by atomic mass is 9.97. The molecule has 154 valence electrons. The molecule has 0 unspecified atom stereocenters. The first kappa shape index (κ1) is 20.4. The van der Waals surface area contributed by atoms with Crippen LogP contribution in [0.1, 0.15) is 48.1 Å². The number of halogens is 4. The first-order valence-electron chi connectivity index (χ1n) is 9.30. The van der Waals surface area contributed by atoms with E-state index in [-0.39, 0.29) is 10.7 Å². The van der Waals surface area contributed by atoms with Gasteiger partial charge in [0.1, 0.15) is 17.3 Å². The van der Waals surface area contributed by atoms with Gasteiger partial charge in [-0.3, -0.25) is 0 Å². The molecule has 2 heterocycles. The molecule has 0 bridgehead atoms. The van der Waals surface area contributed by atoms with Crippen LogP contribution in [0.5, 0.6) is 0 Å². The van der Waals surface area contributed by atoms with Gasteiger partial charge in [-0.25, -0.2) is 21.5 Å². The summed E-state index contributed by atoms with van der Waals surface area (Å²) in [6.45, 7) is 10.7. The van der Waals surface area contributed by atoms with Crippen LogP contribution >= 0.6 is 11.6 Å². The van der Waals surface area contributed by atoms with E-state index in [0.29, 0.717) is 40.8 Å². The molecule has 9 heteroatoms. The highest BCUT2D eigenvalue weighted by atomic mass is 35.5. The van der Waals surface area contributed by atoms with Gasteiger partial charge in [-0.1, -0.05) is 23.7 Å². The van der Waals surface area contributed by atoms with E-state index in [1.54, 1.807) is 19.1 Å². The fraction of sp³-hybridized carbons (Fsp3) is 0.333. The molecule has 1 aliphatic rings. The van der Waals surface area contributed by atoms with Gasteiger partial charge in [0.25, 0.3) is 5.54 Å². The van der Waals surface area contributed by atoms with Crippen LogP contribution in [0, 0.1) is 13.5 Å². The van der Waals surface area contributed by atoms with Gasteiger partial charge in [-0.15, -0.1) is 0 Å². The quantitative estimate of drug-likeness (QED) is 0.401. The Labute approximate surface area is 176 Å². The number of aromatic nitrogens is 3. The number of anilines is 1. The van der Waals surface area contributed by atoms with E-state index >= 15 is 0 Å². The lowest BCUT2D eigenvalue weighted by molar-refractivity contribution is -0.138.